The van der Waals surface area contributed by atoms with Crippen LogP contribution in [0.2, 0.25) is 0 Å². The molecule has 1 rings (SSSR count). The largest absolute Gasteiger partial charge is 0.328 e. The highest BCUT2D eigenvalue weighted by Gasteiger charge is 2.12. The summed E-state index contributed by atoms with van der Waals surface area (Å²) in [6, 6.07) is 10.8. The van der Waals surface area contributed by atoms with Crippen molar-refractivity contribution in [1.82, 2.24) is 0 Å². The van der Waals surface area contributed by atoms with Crippen LogP contribution in [-0.4, -0.2) is 31.7 Å². The summed E-state index contributed by atoms with van der Waals surface area (Å²) < 4.78 is 1.18. The summed E-state index contributed by atoms with van der Waals surface area (Å²) in [4.78, 5) is 0. The molecule has 0 aromatic heterocycles. The number of aryl methyl sites for hydroxylation is 1. The van der Waals surface area contributed by atoms with Crippen molar-refractivity contribution in [2.24, 2.45) is 0 Å². The van der Waals surface area contributed by atoms with Crippen LogP contribution in [0.3, 0.4) is 0 Å². The standard InChI is InChI=1S/C16H28N/c1-4-5-14-17(2,3)15-10-9-13-16-11-7-6-8-12-16/h6-8,11-12H,4-5,9-10,13-15H2,1-3H3/q+1. The van der Waals surface area contributed by atoms with Crippen molar-refractivity contribution in [2.45, 2.75) is 39.0 Å². The van der Waals surface area contributed by atoms with Gasteiger partial charge in [-0.05, 0) is 31.2 Å². The summed E-state index contributed by atoms with van der Waals surface area (Å²) in [6.07, 6.45) is 6.55. The molecule has 0 heterocycles. The van der Waals surface area contributed by atoms with Crippen molar-refractivity contribution < 1.29 is 4.48 Å². The third kappa shape index (κ3) is 6.48. The van der Waals surface area contributed by atoms with E-state index in [2.05, 4.69) is 51.4 Å². The lowest BCUT2D eigenvalue weighted by molar-refractivity contribution is -0.890. The van der Waals surface area contributed by atoms with E-state index in [1.54, 1.807) is 0 Å². The van der Waals surface area contributed by atoms with Crippen molar-refractivity contribution in [3.63, 3.8) is 0 Å². The second-order valence-corrected chi connectivity index (χ2v) is 5.68. The molecule has 0 amide bonds. The zero-order valence-electron chi connectivity index (χ0n) is 11.8. The number of unbranched alkanes of at least 4 members (excludes halogenated alkanes) is 2. The minimum Gasteiger partial charge on any atom is -0.328 e. The van der Waals surface area contributed by atoms with E-state index in [1.165, 1.54) is 55.2 Å². The van der Waals surface area contributed by atoms with Gasteiger partial charge in [0, 0.05) is 0 Å². The summed E-state index contributed by atoms with van der Waals surface area (Å²) in [5.74, 6) is 0. The average Bonchev–Trinajstić information content (AvgIpc) is 2.34. The quantitative estimate of drug-likeness (QED) is 0.473. The molecule has 0 spiro atoms. The monoisotopic (exact) mass is 234 g/mol. The van der Waals surface area contributed by atoms with Crippen LogP contribution in [0.25, 0.3) is 0 Å². The van der Waals surface area contributed by atoms with Crippen LogP contribution >= 0.6 is 0 Å². The Hall–Kier alpha value is -0.820. The summed E-state index contributed by atoms with van der Waals surface area (Å²) in [7, 11) is 4.72. The van der Waals surface area contributed by atoms with Gasteiger partial charge in [0.15, 0.2) is 0 Å². The Morgan fingerprint density at radius 1 is 0.882 bits per heavy atom. The minimum absolute atomic E-state index is 1.18. The van der Waals surface area contributed by atoms with Gasteiger partial charge in [0.05, 0.1) is 27.2 Å². The Kier molecular flexibility index (Phi) is 6.28. The Morgan fingerprint density at radius 2 is 1.53 bits per heavy atom. The lowest BCUT2D eigenvalue weighted by Gasteiger charge is -2.29. The lowest BCUT2D eigenvalue weighted by atomic mass is 10.1. The highest BCUT2D eigenvalue weighted by molar-refractivity contribution is 5.14. The van der Waals surface area contributed by atoms with Gasteiger partial charge >= 0.3 is 0 Å². The average molecular weight is 234 g/mol. The molecule has 0 unspecified atom stereocenters. The number of quaternary nitrogens is 1. The SMILES string of the molecule is CCCC[N+](C)(C)CCCCc1ccccc1. The topological polar surface area (TPSA) is 0 Å². The molecule has 0 aliphatic carbocycles. The van der Waals surface area contributed by atoms with Gasteiger partial charge in [-0.15, -0.1) is 0 Å². The molecule has 0 radical (unpaired) electrons. The first kappa shape index (κ1) is 14.2. The second kappa shape index (κ2) is 7.50. The third-order valence-electron chi connectivity index (χ3n) is 3.44. The van der Waals surface area contributed by atoms with Crippen LogP contribution in [0.5, 0.6) is 0 Å². The van der Waals surface area contributed by atoms with E-state index in [9.17, 15) is 0 Å². The fraction of sp³-hybridized carbons (Fsp3) is 0.625. The maximum Gasteiger partial charge on any atom is 0.0782 e. The zero-order valence-corrected chi connectivity index (χ0v) is 11.8. The van der Waals surface area contributed by atoms with Crippen molar-refractivity contribution >= 4 is 0 Å². The van der Waals surface area contributed by atoms with Crippen LogP contribution in [0.15, 0.2) is 30.3 Å². The maximum atomic E-state index is 2.36. The molecule has 1 nitrogen and oxygen atoms in total. The fourth-order valence-corrected chi connectivity index (χ4v) is 2.21. The first-order valence-corrected chi connectivity index (χ1v) is 7.00. The van der Waals surface area contributed by atoms with E-state index in [4.69, 9.17) is 0 Å². The molecule has 1 heteroatoms. The van der Waals surface area contributed by atoms with Crippen LogP contribution in [-0.2, 0) is 6.42 Å². The number of rotatable bonds is 8. The molecule has 0 saturated heterocycles. The summed E-state index contributed by atoms with van der Waals surface area (Å²) >= 11 is 0. The molecule has 17 heavy (non-hydrogen) atoms. The number of hydrogen-bond donors (Lipinski definition) is 0. The molecule has 1 aromatic carbocycles. The normalized spacial score (nSPS) is 11.7. The Morgan fingerprint density at radius 3 is 2.18 bits per heavy atom. The highest BCUT2D eigenvalue weighted by Crippen LogP contribution is 2.08. The van der Waals surface area contributed by atoms with Crippen molar-refractivity contribution in [1.29, 1.82) is 0 Å². The van der Waals surface area contributed by atoms with E-state index < -0.39 is 0 Å². The second-order valence-electron chi connectivity index (χ2n) is 5.68. The molecule has 0 bridgehead atoms. The van der Waals surface area contributed by atoms with E-state index in [0.29, 0.717) is 0 Å². The van der Waals surface area contributed by atoms with E-state index in [1.807, 2.05) is 0 Å². The number of hydrogen-bond acceptors (Lipinski definition) is 0. The maximum absolute atomic E-state index is 2.36. The molecule has 0 aliphatic heterocycles. The Balaban J connectivity index is 2.15. The van der Waals surface area contributed by atoms with Gasteiger partial charge < -0.3 is 4.48 Å². The molecular formula is C16H28N+. The van der Waals surface area contributed by atoms with Crippen LogP contribution in [0.4, 0.5) is 0 Å². The van der Waals surface area contributed by atoms with E-state index in [-0.39, 0.29) is 0 Å². The van der Waals surface area contributed by atoms with Gasteiger partial charge in [-0.2, -0.15) is 0 Å². The number of nitrogens with zero attached hydrogens (tertiary/aromatic N) is 1. The molecular weight excluding hydrogens is 206 g/mol. The van der Waals surface area contributed by atoms with E-state index in [0.717, 1.165) is 0 Å². The van der Waals surface area contributed by atoms with Gasteiger partial charge in [0.2, 0.25) is 0 Å². The lowest BCUT2D eigenvalue weighted by Crippen LogP contribution is -2.41. The molecule has 0 N–H and O–H groups in total. The van der Waals surface area contributed by atoms with Gasteiger partial charge in [-0.25, -0.2) is 0 Å². The molecule has 1 aromatic rings. The minimum atomic E-state index is 1.18. The van der Waals surface area contributed by atoms with Crippen molar-refractivity contribution in [3.05, 3.63) is 35.9 Å². The summed E-state index contributed by atoms with van der Waals surface area (Å²) in [5.41, 5.74) is 1.48. The van der Waals surface area contributed by atoms with Crippen molar-refractivity contribution in [3.8, 4) is 0 Å². The predicted octanol–water partition coefficient (Wildman–Crippen LogP) is 3.89. The molecule has 96 valence electrons. The smallest absolute Gasteiger partial charge is 0.0782 e. The highest BCUT2D eigenvalue weighted by atomic mass is 15.3. The Labute approximate surface area is 107 Å². The molecule has 0 atom stereocenters. The van der Waals surface area contributed by atoms with E-state index >= 15 is 0 Å². The van der Waals surface area contributed by atoms with Gasteiger partial charge in [-0.3, -0.25) is 0 Å². The Bertz CT molecular complexity index is 290. The zero-order chi connectivity index (χ0) is 12.6. The van der Waals surface area contributed by atoms with Gasteiger partial charge in [0.1, 0.15) is 0 Å². The molecule has 0 saturated carbocycles. The first-order chi connectivity index (χ1) is 8.14. The van der Waals surface area contributed by atoms with Crippen molar-refractivity contribution in [2.75, 3.05) is 27.2 Å². The number of benzene rings is 1. The summed E-state index contributed by atoms with van der Waals surface area (Å²) in [6.45, 7) is 4.91. The van der Waals surface area contributed by atoms with Gasteiger partial charge in [-0.1, -0.05) is 43.7 Å². The van der Waals surface area contributed by atoms with Crippen LogP contribution in [0.1, 0.15) is 38.2 Å². The van der Waals surface area contributed by atoms with Crippen LogP contribution < -0.4 is 0 Å². The summed E-state index contributed by atoms with van der Waals surface area (Å²) in [5, 5.41) is 0. The van der Waals surface area contributed by atoms with Gasteiger partial charge in [0.25, 0.3) is 0 Å². The fourth-order valence-electron chi connectivity index (χ4n) is 2.21. The van der Waals surface area contributed by atoms with Crippen LogP contribution in [0, 0.1) is 0 Å². The predicted molar refractivity (Wildman–Crippen MR) is 76.1 cm³/mol. The first-order valence-electron chi connectivity index (χ1n) is 7.00. The molecule has 0 aliphatic rings. The third-order valence-corrected chi connectivity index (χ3v) is 3.44. The molecule has 0 fully saturated rings.